The van der Waals surface area contributed by atoms with Gasteiger partial charge in [-0.2, -0.15) is 0 Å². The predicted molar refractivity (Wildman–Crippen MR) is 119 cm³/mol. The van der Waals surface area contributed by atoms with Crippen molar-refractivity contribution in [1.82, 2.24) is 0 Å². The smallest absolute Gasteiger partial charge is 0.184 e. The van der Waals surface area contributed by atoms with Crippen molar-refractivity contribution in [1.29, 1.82) is 0 Å². The van der Waals surface area contributed by atoms with Gasteiger partial charge in [0.2, 0.25) is 0 Å². The van der Waals surface area contributed by atoms with Gasteiger partial charge in [0.15, 0.2) is 6.29 Å². The second-order valence-electron chi connectivity index (χ2n) is 8.70. The van der Waals surface area contributed by atoms with Crippen LogP contribution in [0.4, 0.5) is 0 Å². The zero-order chi connectivity index (χ0) is 23.1. The van der Waals surface area contributed by atoms with E-state index in [1.165, 1.54) is 0 Å². The summed E-state index contributed by atoms with van der Waals surface area (Å²) in [6.45, 7) is 8.24. The molecule has 2 heterocycles. The molecular formula is C24H42O7. The molecule has 7 nitrogen and oxygen atoms in total. The molecule has 0 aromatic heterocycles. The molecule has 2 aliphatic rings. The van der Waals surface area contributed by atoms with Gasteiger partial charge >= 0.3 is 0 Å². The Labute approximate surface area is 187 Å². The quantitative estimate of drug-likeness (QED) is 0.367. The molecule has 1 N–H and O–H groups in total. The molecule has 7 heteroatoms. The Bertz CT molecular complexity index is 588. The van der Waals surface area contributed by atoms with Crippen molar-refractivity contribution in [2.75, 3.05) is 28.4 Å². The van der Waals surface area contributed by atoms with E-state index in [1.807, 2.05) is 32.1 Å². The number of hydrogen-bond donors (Lipinski definition) is 1. The molecule has 180 valence electrons. The Kier molecular flexibility index (Phi) is 10.6. The average molecular weight is 443 g/mol. The van der Waals surface area contributed by atoms with Crippen LogP contribution in [0, 0.1) is 11.8 Å². The highest BCUT2D eigenvalue weighted by atomic mass is 16.7. The molecule has 10 atom stereocenters. The molecule has 0 aromatic rings. The van der Waals surface area contributed by atoms with Gasteiger partial charge in [0.25, 0.3) is 0 Å². The molecule has 2 aliphatic heterocycles. The van der Waals surface area contributed by atoms with Crippen LogP contribution in [0.5, 0.6) is 0 Å². The maximum Gasteiger partial charge on any atom is 0.184 e. The van der Waals surface area contributed by atoms with Crippen LogP contribution in [-0.4, -0.2) is 82.6 Å². The van der Waals surface area contributed by atoms with Crippen LogP contribution in [0.15, 0.2) is 23.8 Å². The van der Waals surface area contributed by atoms with E-state index < -0.39 is 12.4 Å². The Morgan fingerprint density at radius 3 is 2.26 bits per heavy atom. The lowest BCUT2D eigenvalue weighted by molar-refractivity contribution is -0.256. The van der Waals surface area contributed by atoms with Crippen molar-refractivity contribution in [2.24, 2.45) is 11.8 Å². The van der Waals surface area contributed by atoms with Crippen molar-refractivity contribution in [2.45, 2.75) is 89.6 Å². The van der Waals surface area contributed by atoms with E-state index in [4.69, 9.17) is 28.4 Å². The van der Waals surface area contributed by atoms with Crippen LogP contribution in [-0.2, 0) is 28.4 Å². The van der Waals surface area contributed by atoms with Crippen LogP contribution in [0.1, 0.15) is 40.5 Å². The Morgan fingerprint density at radius 2 is 1.71 bits per heavy atom. The van der Waals surface area contributed by atoms with Gasteiger partial charge in [-0.15, -0.1) is 0 Å². The molecule has 0 spiro atoms. The lowest BCUT2D eigenvalue weighted by atomic mass is 9.91. The maximum atomic E-state index is 10.7. The first-order valence-electron chi connectivity index (χ1n) is 11.3. The van der Waals surface area contributed by atoms with E-state index in [-0.39, 0.29) is 48.5 Å². The molecule has 0 aromatic carbocycles. The highest BCUT2D eigenvalue weighted by Crippen LogP contribution is 2.37. The fourth-order valence-electron chi connectivity index (χ4n) is 4.51. The van der Waals surface area contributed by atoms with E-state index in [1.54, 1.807) is 28.4 Å². The minimum Gasteiger partial charge on any atom is -0.390 e. The molecule has 2 rings (SSSR count). The first-order valence-corrected chi connectivity index (χ1v) is 11.3. The summed E-state index contributed by atoms with van der Waals surface area (Å²) in [6, 6.07) is 0. The maximum absolute atomic E-state index is 10.7. The number of allylic oxidation sites excluding steroid dienone is 2. The molecular weight excluding hydrogens is 400 g/mol. The third-order valence-corrected chi connectivity index (χ3v) is 6.69. The lowest BCUT2D eigenvalue weighted by Gasteiger charge is -2.39. The highest BCUT2D eigenvalue weighted by molar-refractivity contribution is 5.18. The molecule has 31 heavy (non-hydrogen) atoms. The standard InChI is InChI=1S/C24H42O7/c1-9-17(26-5)16(4)22-23(30-22)20(25)14(2)11-10-12-15(3)21-18(27-6)13-19(28-7)24(29-8)31-21/h10-12,14,16-25H,9,13H2,1-8H3/b11-10+,15-12+/t14-,16+,17-,18-,19+,20+,21+,22-,23-,24+/m0/s1. The van der Waals surface area contributed by atoms with Crippen LogP contribution < -0.4 is 0 Å². The van der Waals surface area contributed by atoms with Crippen LogP contribution in [0.3, 0.4) is 0 Å². The Morgan fingerprint density at radius 1 is 1.03 bits per heavy atom. The largest absolute Gasteiger partial charge is 0.390 e. The second kappa shape index (κ2) is 12.4. The zero-order valence-corrected chi connectivity index (χ0v) is 20.3. The Hall–Kier alpha value is -0.800. The number of aliphatic hydroxyl groups excluding tert-OH is 1. The SMILES string of the molecule is CC[C@H](OC)[C@@H](C)[C@@H]1O[C@H]1[C@H](O)[C@@H](C)/C=C/C=C(\C)[C@H]1O[C@@H](OC)[C@H](OC)C[C@@H]1OC. The van der Waals surface area contributed by atoms with Crippen LogP contribution in [0.2, 0.25) is 0 Å². The van der Waals surface area contributed by atoms with Crippen LogP contribution in [0.25, 0.3) is 0 Å². The van der Waals surface area contributed by atoms with Gasteiger partial charge in [0.05, 0.1) is 24.4 Å². The molecule has 0 amide bonds. The van der Waals surface area contributed by atoms with Gasteiger partial charge in [-0.1, -0.05) is 39.0 Å². The number of methoxy groups -OCH3 is 4. The number of hydrogen-bond acceptors (Lipinski definition) is 7. The van der Waals surface area contributed by atoms with E-state index in [2.05, 4.69) is 13.8 Å². The van der Waals surface area contributed by atoms with E-state index in [0.717, 1.165) is 12.0 Å². The second-order valence-corrected chi connectivity index (χ2v) is 8.70. The van der Waals surface area contributed by atoms with E-state index in [9.17, 15) is 5.11 Å². The number of ether oxygens (including phenoxy) is 6. The van der Waals surface area contributed by atoms with E-state index in [0.29, 0.717) is 6.42 Å². The number of epoxide rings is 1. The molecule has 2 fully saturated rings. The summed E-state index contributed by atoms with van der Waals surface area (Å²) in [7, 11) is 6.68. The summed E-state index contributed by atoms with van der Waals surface area (Å²) >= 11 is 0. The minimum absolute atomic E-state index is 0.0380. The summed E-state index contributed by atoms with van der Waals surface area (Å²) in [5, 5.41) is 10.7. The van der Waals surface area contributed by atoms with Gasteiger partial charge < -0.3 is 33.5 Å². The van der Waals surface area contributed by atoms with Crippen LogP contribution >= 0.6 is 0 Å². The molecule has 0 aliphatic carbocycles. The van der Waals surface area contributed by atoms with Crippen molar-refractivity contribution in [3.63, 3.8) is 0 Å². The van der Waals surface area contributed by atoms with Gasteiger partial charge in [0, 0.05) is 46.7 Å². The molecule has 0 unspecified atom stereocenters. The molecule has 0 radical (unpaired) electrons. The normalized spacial score (nSPS) is 35.7. The molecule has 2 saturated heterocycles. The van der Waals surface area contributed by atoms with E-state index >= 15 is 0 Å². The summed E-state index contributed by atoms with van der Waals surface area (Å²) in [4.78, 5) is 0. The lowest BCUT2D eigenvalue weighted by Crippen LogP contribution is -2.49. The Balaban J connectivity index is 1.93. The van der Waals surface area contributed by atoms with Crippen molar-refractivity contribution in [3.8, 4) is 0 Å². The van der Waals surface area contributed by atoms with Crippen molar-refractivity contribution < 1.29 is 33.5 Å². The number of rotatable bonds is 12. The first kappa shape index (κ1) is 26.5. The fourth-order valence-corrected chi connectivity index (χ4v) is 4.51. The number of aliphatic hydroxyl groups is 1. The average Bonchev–Trinajstić information content (AvgIpc) is 3.58. The third kappa shape index (κ3) is 6.60. The molecule has 0 saturated carbocycles. The van der Waals surface area contributed by atoms with Crippen molar-refractivity contribution in [3.05, 3.63) is 23.8 Å². The predicted octanol–water partition coefficient (Wildman–Crippen LogP) is 3.11. The third-order valence-electron chi connectivity index (χ3n) is 6.69. The summed E-state index contributed by atoms with van der Waals surface area (Å²) in [6.07, 6.45) is 6.18. The zero-order valence-electron chi connectivity index (χ0n) is 20.3. The first-order chi connectivity index (χ1) is 14.8. The minimum atomic E-state index is -0.551. The fraction of sp³-hybridized carbons (Fsp3) is 0.833. The van der Waals surface area contributed by atoms with Gasteiger partial charge in [-0.3, -0.25) is 0 Å². The highest BCUT2D eigenvalue weighted by Gasteiger charge is 2.50. The van der Waals surface area contributed by atoms with Gasteiger partial charge in [-0.25, -0.2) is 0 Å². The van der Waals surface area contributed by atoms with Gasteiger partial charge in [0.1, 0.15) is 18.3 Å². The summed E-state index contributed by atoms with van der Waals surface area (Å²) in [5.74, 6) is 0.219. The van der Waals surface area contributed by atoms with Gasteiger partial charge in [-0.05, 0) is 18.9 Å². The monoisotopic (exact) mass is 442 g/mol. The molecule has 0 bridgehead atoms. The summed E-state index contributed by atoms with van der Waals surface area (Å²) < 4.78 is 33.9. The topological polar surface area (TPSA) is 78.9 Å². The summed E-state index contributed by atoms with van der Waals surface area (Å²) in [5.41, 5.74) is 1.03. The van der Waals surface area contributed by atoms with Crippen molar-refractivity contribution >= 4 is 0 Å².